The van der Waals surface area contributed by atoms with Gasteiger partial charge in [0, 0.05) is 5.57 Å². The zero-order valence-corrected chi connectivity index (χ0v) is 8.71. The third-order valence-electron chi connectivity index (χ3n) is 1.64. The van der Waals surface area contributed by atoms with Crippen molar-refractivity contribution >= 4 is 0 Å². The second kappa shape index (κ2) is 6.85. The molecule has 0 bridgehead atoms. The van der Waals surface area contributed by atoms with Crippen LogP contribution in [0.5, 0.6) is 0 Å². The number of hydrogen-bond acceptors (Lipinski definition) is 1. The Balaban J connectivity index is 4.70. The maximum absolute atomic E-state index is 13.2. The van der Waals surface area contributed by atoms with Crippen LogP contribution in [-0.2, 0) is 0 Å². The minimum Gasteiger partial charge on any atom is -0.207 e. The normalized spacial score (nSPS) is 14.6. The van der Waals surface area contributed by atoms with Crippen molar-refractivity contribution in [1.82, 2.24) is 0 Å². The standard InChI is InChI=1S/C12H14FN/c1-4-6-10(3)12(13)8-7-11(5-2)9-14/h4-8H,1-3H3. The van der Waals surface area contributed by atoms with Gasteiger partial charge in [-0.15, -0.1) is 0 Å². The van der Waals surface area contributed by atoms with Crippen LogP contribution in [0.15, 0.2) is 47.4 Å². The van der Waals surface area contributed by atoms with Gasteiger partial charge in [0.2, 0.25) is 0 Å². The molecule has 0 saturated carbocycles. The highest BCUT2D eigenvalue weighted by molar-refractivity contribution is 5.37. The fourth-order valence-corrected chi connectivity index (χ4v) is 0.822. The summed E-state index contributed by atoms with van der Waals surface area (Å²) in [6, 6.07) is 1.95. The predicted octanol–water partition coefficient (Wildman–Crippen LogP) is 3.83. The first-order chi connectivity index (χ1) is 6.65. The van der Waals surface area contributed by atoms with Crippen LogP contribution in [-0.4, -0.2) is 0 Å². The molecule has 0 aliphatic rings. The zero-order chi connectivity index (χ0) is 11.0. The van der Waals surface area contributed by atoms with Crippen LogP contribution in [0.4, 0.5) is 4.39 Å². The Kier molecular flexibility index (Phi) is 6.06. The molecule has 0 unspecified atom stereocenters. The first-order valence-electron chi connectivity index (χ1n) is 4.39. The molecule has 0 aliphatic heterocycles. The summed E-state index contributed by atoms with van der Waals surface area (Å²) in [6.07, 6.45) is 7.84. The average molecular weight is 191 g/mol. The molecule has 0 atom stereocenters. The van der Waals surface area contributed by atoms with Crippen LogP contribution in [0.1, 0.15) is 20.8 Å². The van der Waals surface area contributed by atoms with Crippen molar-refractivity contribution in [3.8, 4) is 6.07 Å². The lowest BCUT2D eigenvalue weighted by Gasteiger charge is -1.92. The Bertz CT molecular complexity index is 338. The monoisotopic (exact) mass is 191 g/mol. The first-order valence-corrected chi connectivity index (χ1v) is 4.39. The third kappa shape index (κ3) is 4.42. The fraction of sp³-hybridized carbons (Fsp3) is 0.250. The zero-order valence-electron chi connectivity index (χ0n) is 8.71. The van der Waals surface area contributed by atoms with Crippen LogP contribution in [0.3, 0.4) is 0 Å². The summed E-state index contributed by atoms with van der Waals surface area (Å²) < 4.78 is 13.2. The van der Waals surface area contributed by atoms with Crippen LogP contribution >= 0.6 is 0 Å². The van der Waals surface area contributed by atoms with Crippen LogP contribution in [0.2, 0.25) is 0 Å². The second-order valence-electron chi connectivity index (χ2n) is 2.72. The van der Waals surface area contributed by atoms with E-state index in [9.17, 15) is 4.39 Å². The van der Waals surface area contributed by atoms with E-state index in [0.29, 0.717) is 11.1 Å². The van der Waals surface area contributed by atoms with E-state index in [1.54, 1.807) is 32.1 Å². The Morgan fingerprint density at radius 1 is 1.21 bits per heavy atom. The van der Waals surface area contributed by atoms with Gasteiger partial charge in [0.05, 0.1) is 6.07 Å². The van der Waals surface area contributed by atoms with E-state index in [1.807, 2.05) is 13.0 Å². The van der Waals surface area contributed by atoms with E-state index in [-0.39, 0.29) is 5.83 Å². The second-order valence-corrected chi connectivity index (χ2v) is 2.72. The van der Waals surface area contributed by atoms with Crippen molar-refractivity contribution in [2.75, 3.05) is 0 Å². The molecular weight excluding hydrogens is 177 g/mol. The van der Waals surface area contributed by atoms with Crippen LogP contribution < -0.4 is 0 Å². The molecule has 1 nitrogen and oxygen atoms in total. The molecule has 0 saturated heterocycles. The van der Waals surface area contributed by atoms with E-state index >= 15 is 0 Å². The number of nitriles is 1. The molecule has 14 heavy (non-hydrogen) atoms. The lowest BCUT2D eigenvalue weighted by molar-refractivity contribution is 0.658. The summed E-state index contributed by atoms with van der Waals surface area (Å²) in [7, 11) is 0. The van der Waals surface area contributed by atoms with Crippen molar-refractivity contribution in [2.24, 2.45) is 0 Å². The van der Waals surface area contributed by atoms with E-state index in [0.717, 1.165) is 0 Å². The van der Waals surface area contributed by atoms with Gasteiger partial charge in [-0.1, -0.05) is 18.2 Å². The molecule has 0 spiro atoms. The average Bonchev–Trinajstić information content (AvgIpc) is 2.19. The number of allylic oxidation sites excluding steroid dienone is 8. The highest BCUT2D eigenvalue weighted by atomic mass is 19.1. The summed E-state index contributed by atoms with van der Waals surface area (Å²) in [6.45, 7) is 5.25. The van der Waals surface area contributed by atoms with E-state index in [1.165, 1.54) is 12.2 Å². The summed E-state index contributed by atoms with van der Waals surface area (Å²) in [5.41, 5.74) is 1.01. The number of rotatable bonds is 3. The summed E-state index contributed by atoms with van der Waals surface area (Å²) in [4.78, 5) is 0. The maximum atomic E-state index is 13.2. The molecule has 0 heterocycles. The maximum Gasteiger partial charge on any atom is 0.126 e. The summed E-state index contributed by atoms with van der Waals surface area (Å²) in [5.74, 6) is -0.322. The minimum atomic E-state index is -0.322. The third-order valence-corrected chi connectivity index (χ3v) is 1.64. The molecule has 0 N–H and O–H groups in total. The minimum absolute atomic E-state index is 0.322. The molecule has 0 aromatic rings. The van der Waals surface area contributed by atoms with Gasteiger partial charge in [-0.05, 0) is 38.5 Å². The highest BCUT2D eigenvalue weighted by Gasteiger charge is 1.93. The van der Waals surface area contributed by atoms with Crippen molar-refractivity contribution in [3.63, 3.8) is 0 Å². The van der Waals surface area contributed by atoms with Gasteiger partial charge in [0.15, 0.2) is 0 Å². The van der Waals surface area contributed by atoms with Gasteiger partial charge in [-0.25, -0.2) is 4.39 Å². The molecule has 0 amide bonds. The largest absolute Gasteiger partial charge is 0.207 e. The molecule has 0 rings (SSSR count). The lowest BCUT2D eigenvalue weighted by Crippen LogP contribution is -1.75. The van der Waals surface area contributed by atoms with E-state index in [2.05, 4.69) is 0 Å². The Hall–Kier alpha value is -1.62. The molecule has 0 radical (unpaired) electrons. The lowest BCUT2D eigenvalue weighted by atomic mass is 10.2. The van der Waals surface area contributed by atoms with Gasteiger partial charge in [-0.3, -0.25) is 0 Å². The topological polar surface area (TPSA) is 23.8 Å². The van der Waals surface area contributed by atoms with Crippen LogP contribution in [0, 0.1) is 11.3 Å². The molecular formula is C12H14FN. The quantitative estimate of drug-likeness (QED) is 0.491. The number of halogens is 1. The first kappa shape index (κ1) is 12.4. The van der Waals surface area contributed by atoms with Crippen LogP contribution in [0.25, 0.3) is 0 Å². The molecule has 0 aromatic carbocycles. The van der Waals surface area contributed by atoms with Gasteiger partial charge in [0.1, 0.15) is 5.83 Å². The predicted molar refractivity (Wildman–Crippen MR) is 57.1 cm³/mol. The molecule has 0 aromatic heterocycles. The molecule has 0 fully saturated rings. The Morgan fingerprint density at radius 3 is 2.29 bits per heavy atom. The summed E-state index contributed by atoms with van der Waals surface area (Å²) in [5, 5.41) is 8.56. The summed E-state index contributed by atoms with van der Waals surface area (Å²) >= 11 is 0. The number of hydrogen-bond donors (Lipinski definition) is 0. The smallest absolute Gasteiger partial charge is 0.126 e. The van der Waals surface area contributed by atoms with Gasteiger partial charge in [0.25, 0.3) is 0 Å². The molecule has 74 valence electrons. The van der Waals surface area contributed by atoms with E-state index < -0.39 is 0 Å². The van der Waals surface area contributed by atoms with Gasteiger partial charge in [-0.2, -0.15) is 5.26 Å². The molecule has 0 aliphatic carbocycles. The van der Waals surface area contributed by atoms with Crippen molar-refractivity contribution in [2.45, 2.75) is 20.8 Å². The fourth-order valence-electron chi connectivity index (χ4n) is 0.822. The van der Waals surface area contributed by atoms with Crippen molar-refractivity contribution < 1.29 is 4.39 Å². The van der Waals surface area contributed by atoms with Gasteiger partial charge >= 0.3 is 0 Å². The van der Waals surface area contributed by atoms with Crippen molar-refractivity contribution in [1.29, 1.82) is 5.26 Å². The molecule has 2 heteroatoms. The van der Waals surface area contributed by atoms with Crippen molar-refractivity contribution in [3.05, 3.63) is 47.4 Å². The Morgan fingerprint density at radius 2 is 1.86 bits per heavy atom. The highest BCUT2D eigenvalue weighted by Crippen LogP contribution is 2.10. The Labute approximate surface area is 84.6 Å². The van der Waals surface area contributed by atoms with E-state index in [4.69, 9.17) is 5.26 Å². The number of nitrogens with zero attached hydrogens (tertiary/aromatic N) is 1. The van der Waals surface area contributed by atoms with Gasteiger partial charge < -0.3 is 0 Å². The SMILES string of the molecule is CC=CC(C)=C(F)C=CC(C#N)=CC.